The molecule has 3 aliphatic rings. The second-order valence-corrected chi connectivity index (χ2v) is 13.2. The van der Waals surface area contributed by atoms with Crippen molar-refractivity contribution in [1.29, 1.82) is 0 Å². The van der Waals surface area contributed by atoms with E-state index >= 15 is 0 Å². The minimum Gasteiger partial charge on any atom is -0.0803 e. The second kappa shape index (κ2) is 2.47. The van der Waals surface area contributed by atoms with Crippen LogP contribution < -0.4 is 0 Å². The molecule has 0 amide bonds. The molecule has 0 aromatic carbocycles. The van der Waals surface area contributed by atoms with Crippen molar-refractivity contribution in [3.63, 3.8) is 0 Å². The van der Waals surface area contributed by atoms with E-state index in [1.165, 1.54) is 6.42 Å². The van der Waals surface area contributed by atoms with E-state index in [2.05, 4.69) is 38.3 Å². The number of hydrogen-bond acceptors (Lipinski definition) is 0. The molecule has 1 fully saturated rings. The van der Waals surface area contributed by atoms with Gasteiger partial charge in [0.05, 0.1) is 8.07 Å². The highest BCUT2D eigenvalue weighted by Crippen LogP contribution is 2.76. The van der Waals surface area contributed by atoms with Gasteiger partial charge in [-0.2, -0.15) is 0 Å². The number of hydrogen-bond donors (Lipinski definition) is 0. The fourth-order valence-corrected chi connectivity index (χ4v) is 9.72. The smallest absolute Gasteiger partial charge is 0.0636 e. The maximum atomic E-state index is 2.57. The van der Waals surface area contributed by atoms with Gasteiger partial charge in [-0.15, -0.1) is 0 Å². The van der Waals surface area contributed by atoms with E-state index in [1.54, 1.807) is 5.57 Å². The van der Waals surface area contributed by atoms with Gasteiger partial charge in [0.15, 0.2) is 0 Å². The molecule has 2 unspecified atom stereocenters. The molecule has 3 rings (SSSR count). The fourth-order valence-electron chi connectivity index (χ4n) is 3.45. The second-order valence-electron chi connectivity index (χ2n) is 5.73. The molecule has 0 spiro atoms. The van der Waals surface area contributed by atoms with Crippen molar-refractivity contribution >= 4 is 21.7 Å². The fraction of sp³-hybridized carbons (Fsp3) is 0.583. The van der Waals surface area contributed by atoms with Crippen LogP contribution in [0.25, 0.3) is 0 Å². The van der Waals surface area contributed by atoms with Gasteiger partial charge in [0, 0.05) is 8.41 Å². The van der Waals surface area contributed by atoms with Crippen LogP contribution in [0.4, 0.5) is 0 Å². The molecular weight excluding hydrogens is 200 g/mol. The predicted molar refractivity (Wildman–Crippen MR) is 68.3 cm³/mol. The minimum atomic E-state index is -0.802. The van der Waals surface area contributed by atoms with E-state index < -0.39 is 8.07 Å². The van der Waals surface area contributed by atoms with Gasteiger partial charge in [-0.1, -0.05) is 43.5 Å². The number of fused-ring (bicyclic) bond motifs is 3. The Morgan fingerprint density at radius 1 is 1.29 bits per heavy atom. The first-order valence-corrected chi connectivity index (χ1v) is 11.3. The summed E-state index contributed by atoms with van der Waals surface area (Å²) in [5.74, 6) is 0. The van der Waals surface area contributed by atoms with Crippen molar-refractivity contribution in [3.8, 4) is 0 Å². The van der Waals surface area contributed by atoms with Crippen LogP contribution in [0.3, 0.4) is 0 Å². The van der Waals surface area contributed by atoms with Crippen molar-refractivity contribution in [3.05, 3.63) is 23.3 Å². The summed E-state index contributed by atoms with van der Waals surface area (Å²) < 4.78 is 0. The highest BCUT2D eigenvalue weighted by atomic mass is 28.3. The standard InChI is InChI=1S/C12H18Si2/c1-13(2)9-7-5-6-8-10(9)12-11(8)14(12,3)4/h5-6,11-12H,7H2,1-4H3. The van der Waals surface area contributed by atoms with Crippen LogP contribution >= 0.6 is 0 Å². The molecule has 0 aromatic rings. The summed E-state index contributed by atoms with van der Waals surface area (Å²) in [5, 5.41) is 1.85. The Balaban J connectivity index is 2.07. The van der Waals surface area contributed by atoms with E-state index in [0.29, 0.717) is 0 Å². The molecule has 1 aliphatic heterocycles. The average molecular weight is 218 g/mol. The van der Waals surface area contributed by atoms with Crippen LogP contribution in [0, 0.1) is 0 Å². The lowest BCUT2D eigenvalue weighted by Crippen LogP contribution is -2.20. The minimum absolute atomic E-state index is 0.191. The van der Waals surface area contributed by atoms with Crippen LogP contribution in [-0.2, 0) is 0 Å². The monoisotopic (exact) mass is 218 g/mol. The van der Waals surface area contributed by atoms with Gasteiger partial charge < -0.3 is 0 Å². The Hall–Kier alpha value is -0.216. The average Bonchev–Trinajstić information content (AvgIpc) is 2.54. The zero-order valence-corrected chi connectivity index (χ0v) is 11.5. The quantitative estimate of drug-likeness (QED) is 0.548. The van der Waals surface area contributed by atoms with Gasteiger partial charge in [-0.05, 0) is 28.6 Å². The lowest BCUT2D eigenvalue weighted by molar-refractivity contribution is 0.980. The van der Waals surface area contributed by atoms with E-state index in [0.717, 1.165) is 11.1 Å². The van der Waals surface area contributed by atoms with Crippen LogP contribution in [0.5, 0.6) is 0 Å². The van der Waals surface area contributed by atoms with Gasteiger partial charge in [0.2, 0.25) is 0 Å². The van der Waals surface area contributed by atoms with Gasteiger partial charge in [0.1, 0.15) is 0 Å². The zero-order valence-electron chi connectivity index (χ0n) is 9.52. The first kappa shape index (κ1) is 9.04. The molecule has 14 heavy (non-hydrogen) atoms. The normalized spacial score (nSPS) is 36.1. The molecule has 74 valence electrons. The molecule has 2 heteroatoms. The van der Waals surface area contributed by atoms with Gasteiger partial charge >= 0.3 is 0 Å². The third kappa shape index (κ3) is 0.866. The molecular formula is C12H18Si2. The largest absolute Gasteiger partial charge is 0.0803 e. The van der Waals surface area contributed by atoms with E-state index in [1.807, 2.05) is 10.7 Å². The SMILES string of the molecule is C[Si](C)=C1CC=CC2=C1C1C2[Si]1(C)C. The molecule has 0 N–H and O–H groups in total. The molecule has 0 saturated carbocycles. The molecule has 0 radical (unpaired) electrons. The Bertz CT molecular complexity index is 406. The van der Waals surface area contributed by atoms with Crippen molar-refractivity contribution in [2.45, 2.75) is 43.7 Å². The summed E-state index contributed by atoms with van der Waals surface area (Å²) in [6.45, 7) is 10.1. The molecule has 1 saturated heterocycles. The number of allylic oxidation sites excluding steroid dienone is 4. The van der Waals surface area contributed by atoms with Gasteiger partial charge in [-0.25, -0.2) is 0 Å². The summed E-state index contributed by atoms with van der Waals surface area (Å²) in [6.07, 6.45) is 6.12. The van der Waals surface area contributed by atoms with E-state index in [9.17, 15) is 0 Å². The van der Waals surface area contributed by atoms with E-state index in [-0.39, 0.29) is 8.41 Å². The Kier molecular flexibility index (Phi) is 1.60. The topological polar surface area (TPSA) is 0 Å². The summed E-state index contributed by atoms with van der Waals surface area (Å²) in [7, 11) is -0.993. The highest BCUT2D eigenvalue weighted by molar-refractivity contribution is 6.95. The Morgan fingerprint density at radius 2 is 2.00 bits per heavy atom. The van der Waals surface area contributed by atoms with Crippen LogP contribution in [0.2, 0.25) is 37.3 Å². The first-order valence-electron chi connectivity index (χ1n) is 5.62. The lowest BCUT2D eigenvalue weighted by atomic mass is 9.82. The molecule has 2 atom stereocenters. The maximum absolute atomic E-state index is 2.57. The third-order valence-corrected chi connectivity index (χ3v) is 10.1. The highest BCUT2D eigenvalue weighted by Gasteiger charge is 2.69. The van der Waals surface area contributed by atoms with Gasteiger partial charge in [0.25, 0.3) is 0 Å². The van der Waals surface area contributed by atoms with Crippen LogP contribution in [-0.4, -0.2) is 21.7 Å². The summed E-state index contributed by atoms with van der Waals surface area (Å²) in [6, 6.07) is 0. The van der Waals surface area contributed by atoms with Crippen molar-refractivity contribution in [2.75, 3.05) is 0 Å². The summed E-state index contributed by atoms with van der Waals surface area (Å²) >= 11 is 0. The molecule has 0 bridgehead atoms. The Labute approximate surface area is 89.0 Å². The molecule has 0 aromatic heterocycles. The zero-order chi connectivity index (χ0) is 10.1. The summed E-state index contributed by atoms with van der Waals surface area (Å²) in [4.78, 5) is 0. The molecule has 2 aliphatic carbocycles. The number of rotatable bonds is 0. The molecule has 0 nitrogen and oxygen atoms in total. The van der Waals surface area contributed by atoms with Crippen LogP contribution in [0.15, 0.2) is 23.3 Å². The maximum Gasteiger partial charge on any atom is 0.0636 e. The predicted octanol–water partition coefficient (Wildman–Crippen LogP) is 3.23. The third-order valence-electron chi connectivity index (χ3n) is 4.33. The Morgan fingerprint density at radius 3 is 2.64 bits per heavy atom. The first-order chi connectivity index (χ1) is 6.55. The van der Waals surface area contributed by atoms with E-state index in [4.69, 9.17) is 0 Å². The van der Waals surface area contributed by atoms with Crippen molar-refractivity contribution < 1.29 is 0 Å². The van der Waals surface area contributed by atoms with Crippen molar-refractivity contribution in [1.82, 2.24) is 0 Å². The van der Waals surface area contributed by atoms with Crippen LogP contribution in [0.1, 0.15) is 6.42 Å². The lowest BCUT2D eigenvalue weighted by Gasteiger charge is -2.28. The summed E-state index contributed by atoms with van der Waals surface area (Å²) in [5.41, 5.74) is 5.76. The van der Waals surface area contributed by atoms with Gasteiger partial charge in [-0.3, -0.25) is 0 Å². The molecule has 1 heterocycles. The van der Waals surface area contributed by atoms with Crippen molar-refractivity contribution in [2.24, 2.45) is 0 Å².